The molecule has 0 aromatic carbocycles. The molecule has 0 aliphatic carbocycles. The zero-order valence-electron chi connectivity index (χ0n) is 11.2. The highest BCUT2D eigenvalue weighted by molar-refractivity contribution is 5.04. The van der Waals surface area contributed by atoms with Crippen molar-refractivity contribution in [2.24, 2.45) is 5.92 Å². The third-order valence-corrected chi connectivity index (χ3v) is 2.26. The molecule has 0 rings (SSSR count). The molecule has 0 heteroatoms. The van der Waals surface area contributed by atoms with E-state index in [1.165, 1.54) is 32.1 Å². The van der Waals surface area contributed by atoms with Crippen LogP contribution in [0.5, 0.6) is 0 Å². The van der Waals surface area contributed by atoms with E-state index in [0.717, 1.165) is 5.92 Å². The zero-order valence-corrected chi connectivity index (χ0v) is 11.2. The number of allylic oxidation sites excluding steroid dienone is 2. The molecule has 0 unspecified atom stereocenters. The fourth-order valence-electron chi connectivity index (χ4n) is 1.34. The Bertz CT molecular complexity index is 120. The first-order valence-corrected chi connectivity index (χ1v) is 6.41. The van der Waals surface area contributed by atoms with Gasteiger partial charge >= 0.3 is 0 Å². The lowest BCUT2D eigenvalue weighted by Gasteiger charge is -2.10. The Hall–Kier alpha value is -0.260. The third kappa shape index (κ3) is 9.83. The minimum absolute atomic E-state index is 0.753. The standard InChI is InChI=1S/C12H24.C2H6/c1-5-7-9-12(11(3)4)10-8-6-2;1-2/h9,11H,5-8,10H2,1-4H3;1-2H3/b12-9+;. The summed E-state index contributed by atoms with van der Waals surface area (Å²) in [5.74, 6) is 0.753. The Balaban J connectivity index is 0. The van der Waals surface area contributed by atoms with Crippen LogP contribution in [0, 0.1) is 5.92 Å². The van der Waals surface area contributed by atoms with Crippen molar-refractivity contribution in [3.63, 3.8) is 0 Å². The average molecular weight is 198 g/mol. The van der Waals surface area contributed by atoms with Gasteiger partial charge in [0.2, 0.25) is 0 Å². The summed E-state index contributed by atoms with van der Waals surface area (Å²) in [4.78, 5) is 0. The van der Waals surface area contributed by atoms with Crippen molar-refractivity contribution < 1.29 is 0 Å². The number of hydrogen-bond acceptors (Lipinski definition) is 0. The van der Waals surface area contributed by atoms with E-state index >= 15 is 0 Å². The highest BCUT2D eigenvalue weighted by Gasteiger charge is 2.01. The molecule has 0 fully saturated rings. The lowest BCUT2D eigenvalue weighted by atomic mass is 9.96. The summed E-state index contributed by atoms with van der Waals surface area (Å²) in [5.41, 5.74) is 1.67. The fourth-order valence-corrected chi connectivity index (χ4v) is 1.34. The molecule has 0 aromatic rings. The van der Waals surface area contributed by atoms with E-state index < -0.39 is 0 Å². The maximum absolute atomic E-state index is 2.44. The predicted molar refractivity (Wildman–Crippen MR) is 68.7 cm³/mol. The fraction of sp³-hybridized carbons (Fsp3) is 0.857. The average Bonchev–Trinajstić information content (AvgIpc) is 2.20. The quantitative estimate of drug-likeness (QED) is 0.488. The Labute approximate surface area is 91.8 Å². The largest absolute Gasteiger partial charge is 0.0851 e. The van der Waals surface area contributed by atoms with Crippen LogP contribution in [0.2, 0.25) is 0 Å². The van der Waals surface area contributed by atoms with E-state index in [4.69, 9.17) is 0 Å². The molecule has 0 aliphatic rings. The van der Waals surface area contributed by atoms with Crippen molar-refractivity contribution in [2.45, 2.75) is 73.6 Å². The van der Waals surface area contributed by atoms with Crippen molar-refractivity contribution in [1.29, 1.82) is 0 Å². The lowest BCUT2D eigenvalue weighted by Crippen LogP contribution is -1.94. The molecule has 0 spiro atoms. The second-order valence-corrected chi connectivity index (χ2v) is 3.83. The molecule has 0 nitrogen and oxygen atoms in total. The van der Waals surface area contributed by atoms with Crippen LogP contribution >= 0.6 is 0 Å². The minimum Gasteiger partial charge on any atom is -0.0851 e. The Morgan fingerprint density at radius 3 is 2.00 bits per heavy atom. The van der Waals surface area contributed by atoms with E-state index in [1.54, 1.807) is 5.57 Å². The molecule has 0 bridgehead atoms. The van der Waals surface area contributed by atoms with Gasteiger partial charge in [0.1, 0.15) is 0 Å². The topological polar surface area (TPSA) is 0 Å². The van der Waals surface area contributed by atoms with Crippen LogP contribution < -0.4 is 0 Å². The second-order valence-electron chi connectivity index (χ2n) is 3.83. The van der Waals surface area contributed by atoms with Gasteiger partial charge in [-0.05, 0) is 25.2 Å². The molecule has 86 valence electrons. The number of rotatable bonds is 6. The minimum atomic E-state index is 0.753. The van der Waals surface area contributed by atoms with Crippen LogP contribution in [-0.2, 0) is 0 Å². The summed E-state index contributed by atoms with van der Waals surface area (Å²) in [6, 6.07) is 0. The van der Waals surface area contributed by atoms with Crippen molar-refractivity contribution >= 4 is 0 Å². The van der Waals surface area contributed by atoms with Gasteiger partial charge in [-0.3, -0.25) is 0 Å². The molecule has 0 amide bonds. The van der Waals surface area contributed by atoms with E-state index in [0.29, 0.717) is 0 Å². The van der Waals surface area contributed by atoms with Crippen LogP contribution in [0.25, 0.3) is 0 Å². The zero-order chi connectivity index (χ0) is 11.4. The molecule has 0 atom stereocenters. The summed E-state index contributed by atoms with van der Waals surface area (Å²) in [5, 5.41) is 0. The van der Waals surface area contributed by atoms with E-state index in [9.17, 15) is 0 Å². The summed E-state index contributed by atoms with van der Waals surface area (Å²) in [7, 11) is 0. The molecule has 14 heavy (non-hydrogen) atoms. The van der Waals surface area contributed by atoms with Gasteiger partial charge in [0.25, 0.3) is 0 Å². The van der Waals surface area contributed by atoms with E-state index in [-0.39, 0.29) is 0 Å². The predicted octanol–water partition coefficient (Wildman–Crippen LogP) is 5.59. The first kappa shape index (κ1) is 16.2. The maximum atomic E-state index is 2.44. The van der Waals surface area contributed by atoms with Crippen molar-refractivity contribution in [3.8, 4) is 0 Å². The molecule has 0 saturated carbocycles. The first-order chi connectivity index (χ1) is 6.72. The van der Waals surface area contributed by atoms with Gasteiger partial charge in [-0.1, -0.05) is 66.0 Å². The normalized spacial score (nSPS) is 11.2. The van der Waals surface area contributed by atoms with Gasteiger partial charge in [0.15, 0.2) is 0 Å². The smallest absolute Gasteiger partial charge is 0.0260 e. The molecule has 0 saturated heterocycles. The lowest BCUT2D eigenvalue weighted by molar-refractivity contribution is 0.666. The highest BCUT2D eigenvalue weighted by atomic mass is 14.1. The number of hydrogen-bond donors (Lipinski definition) is 0. The van der Waals surface area contributed by atoms with Crippen molar-refractivity contribution in [1.82, 2.24) is 0 Å². The van der Waals surface area contributed by atoms with Gasteiger partial charge in [0.05, 0.1) is 0 Å². The molecule has 0 aliphatic heterocycles. The Morgan fingerprint density at radius 2 is 1.64 bits per heavy atom. The Kier molecular flexibility index (Phi) is 14.7. The highest BCUT2D eigenvalue weighted by Crippen LogP contribution is 2.17. The molecular weight excluding hydrogens is 168 g/mol. The van der Waals surface area contributed by atoms with E-state index in [1.807, 2.05) is 13.8 Å². The van der Waals surface area contributed by atoms with Crippen LogP contribution in [-0.4, -0.2) is 0 Å². The maximum Gasteiger partial charge on any atom is -0.0260 e. The van der Waals surface area contributed by atoms with Crippen LogP contribution in [0.1, 0.15) is 73.6 Å². The molecule has 0 N–H and O–H groups in total. The van der Waals surface area contributed by atoms with Crippen molar-refractivity contribution in [3.05, 3.63) is 11.6 Å². The Morgan fingerprint density at radius 1 is 1.07 bits per heavy atom. The molecule has 0 radical (unpaired) electrons. The van der Waals surface area contributed by atoms with E-state index in [2.05, 4.69) is 33.8 Å². The molecule has 0 aromatic heterocycles. The summed E-state index contributed by atoms with van der Waals surface area (Å²) >= 11 is 0. The van der Waals surface area contributed by atoms with Gasteiger partial charge in [-0.15, -0.1) is 0 Å². The van der Waals surface area contributed by atoms with Gasteiger partial charge < -0.3 is 0 Å². The summed E-state index contributed by atoms with van der Waals surface area (Å²) in [6.45, 7) is 13.1. The first-order valence-electron chi connectivity index (χ1n) is 6.41. The van der Waals surface area contributed by atoms with Crippen LogP contribution in [0.4, 0.5) is 0 Å². The third-order valence-electron chi connectivity index (χ3n) is 2.26. The number of unbranched alkanes of at least 4 members (excludes halogenated alkanes) is 2. The monoisotopic (exact) mass is 198 g/mol. The summed E-state index contributed by atoms with van der Waals surface area (Å²) < 4.78 is 0. The van der Waals surface area contributed by atoms with Crippen LogP contribution in [0.3, 0.4) is 0 Å². The summed E-state index contributed by atoms with van der Waals surface area (Å²) in [6.07, 6.45) is 8.97. The second kappa shape index (κ2) is 12.7. The van der Waals surface area contributed by atoms with Gasteiger partial charge in [-0.2, -0.15) is 0 Å². The molecular formula is C14H30. The SMILES string of the molecule is CC.CCC/C=C(\CCCC)C(C)C. The van der Waals surface area contributed by atoms with Gasteiger partial charge in [-0.25, -0.2) is 0 Å². The van der Waals surface area contributed by atoms with Gasteiger partial charge in [0, 0.05) is 0 Å². The van der Waals surface area contributed by atoms with Crippen molar-refractivity contribution in [2.75, 3.05) is 0 Å². The van der Waals surface area contributed by atoms with Crippen LogP contribution in [0.15, 0.2) is 11.6 Å². The molecule has 0 heterocycles.